The largest absolute Gasteiger partial charge is 0.383 e. The number of ether oxygens (including phenoxy) is 2. The van der Waals surface area contributed by atoms with Crippen molar-refractivity contribution in [2.45, 2.75) is 6.92 Å². The van der Waals surface area contributed by atoms with Crippen molar-refractivity contribution in [3.63, 3.8) is 0 Å². The predicted octanol–water partition coefficient (Wildman–Crippen LogP) is 2.74. The standard InChI is InChI=1S/C22H25N3O3/c1-16(21(15-23)22(26)24-7-10-27-2)17-3-4-19-14-20(6-5-18(19)13-17)25-8-11-28-12-9-25/h3-6,13-14H,7-12H2,1-2H3,(H,24,26)/b21-16+. The van der Waals surface area contributed by atoms with E-state index in [4.69, 9.17) is 9.47 Å². The van der Waals surface area contributed by atoms with Crippen LogP contribution in [0.4, 0.5) is 5.69 Å². The molecule has 2 aromatic rings. The number of amides is 1. The van der Waals surface area contributed by atoms with Crippen LogP contribution in [0.2, 0.25) is 0 Å². The van der Waals surface area contributed by atoms with Crippen molar-refractivity contribution in [3.05, 3.63) is 47.5 Å². The average Bonchev–Trinajstić information content (AvgIpc) is 2.74. The number of nitrogens with zero attached hydrogens (tertiary/aromatic N) is 2. The van der Waals surface area contributed by atoms with Gasteiger partial charge in [0.2, 0.25) is 0 Å². The van der Waals surface area contributed by atoms with Gasteiger partial charge >= 0.3 is 0 Å². The lowest BCUT2D eigenvalue weighted by Gasteiger charge is -2.29. The van der Waals surface area contributed by atoms with E-state index in [0.29, 0.717) is 18.7 Å². The summed E-state index contributed by atoms with van der Waals surface area (Å²) >= 11 is 0. The quantitative estimate of drug-likeness (QED) is 0.475. The van der Waals surface area contributed by atoms with Crippen molar-refractivity contribution in [1.29, 1.82) is 5.26 Å². The normalized spacial score (nSPS) is 15.1. The number of hydrogen-bond acceptors (Lipinski definition) is 5. The topological polar surface area (TPSA) is 74.6 Å². The monoisotopic (exact) mass is 379 g/mol. The number of nitriles is 1. The smallest absolute Gasteiger partial charge is 0.262 e. The zero-order valence-corrected chi connectivity index (χ0v) is 16.3. The van der Waals surface area contributed by atoms with Gasteiger partial charge in [-0.15, -0.1) is 0 Å². The summed E-state index contributed by atoms with van der Waals surface area (Å²) in [6, 6.07) is 14.4. The van der Waals surface area contributed by atoms with Crippen molar-refractivity contribution >= 4 is 27.9 Å². The summed E-state index contributed by atoms with van der Waals surface area (Å²) in [7, 11) is 1.57. The van der Waals surface area contributed by atoms with Gasteiger partial charge in [-0.25, -0.2) is 0 Å². The van der Waals surface area contributed by atoms with Gasteiger partial charge in [0.25, 0.3) is 5.91 Å². The molecule has 146 valence electrons. The van der Waals surface area contributed by atoms with Crippen LogP contribution in [0.25, 0.3) is 16.3 Å². The predicted molar refractivity (Wildman–Crippen MR) is 110 cm³/mol. The SMILES string of the molecule is COCCNC(=O)/C(C#N)=C(\C)c1ccc2cc(N3CCOCC3)ccc2c1. The van der Waals surface area contributed by atoms with Crippen LogP contribution < -0.4 is 10.2 Å². The van der Waals surface area contributed by atoms with Crippen LogP contribution >= 0.6 is 0 Å². The number of allylic oxidation sites excluding steroid dienone is 1. The molecule has 1 saturated heterocycles. The van der Waals surface area contributed by atoms with Gasteiger partial charge in [-0.2, -0.15) is 5.26 Å². The highest BCUT2D eigenvalue weighted by molar-refractivity contribution is 6.05. The van der Waals surface area contributed by atoms with Gasteiger partial charge in [0.05, 0.1) is 19.8 Å². The first-order valence-electron chi connectivity index (χ1n) is 9.39. The molecule has 0 radical (unpaired) electrons. The Labute approximate surface area is 165 Å². The number of rotatable bonds is 6. The first kappa shape index (κ1) is 19.9. The Morgan fingerprint density at radius 1 is 1.21 bits per heavy atom. The van der Waals surface area contributed by atoms with Crippen LogP contribution in [0.1, 0.15) is 12.5 Å². The molecule has 6 heteroatoms. The minimum atomic E-state index is -0.375. The number of hydrogen-bond donors (Lipinski definition) is 1. The summed E-state index contributed by atoms with van der Waals surface area (Å²) in [5, 5.41) is 14.4. The van der Waals surface area contributed by atoms with Gasteiger partial charge in [0.15, 0.2) is 0 Å². The van der Waals surface area contributed by atoms with Crippen LogP contribution in [0.3, 0.4) is 0 Å². The fourth-order valence-electron chi connectivity index (χ4n) is 3.29. The van der Waals surface area contributed by atoms with E-state index >= 15 is 0 Å². The second-order valence-electron chi connectivity index (χ2n) is 6.71. The zero-order chi connectivity index (χ0) is 19.9. The second-order valence-corrected chi connectivity index (χ2v) is 6.71. The molecular weight excluding hydrogens is 354 g/mol. The van der Waals surface area contributed by atoms with Crippen molar-refractivity contribution in [1.82, 2.24) is 5.32 Å². The first-order chi connectivity index (χ1) is 13.6. The van der Waals surface area contributed by atoms with Crippen LogP contribution in [-0.4, -0.2) is 52.5 Å². The highest BCUT2D eigenvalue weighted by Gasteiger charge is 2.15. The van der Waals surface area contributed by atoms with Gasteiger partial charge < -0.3 is 19.7 Å². The fourth-order valence-corrected chi connectivity index (χ4v) is 3.29. The van der Waals surface area contributed by atoms with E-state index in [1.165, 1.54) is 5.69 Å². The van der Waals surface area contributed by atoms with Crippen molar-refractivity contribution < 1.29 is 14.3 Å². The second kappa shape index (κ2) is 9.36. The molecule has 1 amide bonds. The summed E-state index contributed by atoms with van der Waals surface area (Å²) in [6.07, 6.45) is 0. The molecule has 0 aliphatic carbocycles. The van der Waals surface area contributed by atoms with Crippen molar-refractivity contribution in [3.8, 4) is 6.07 Å². The van der Waals surface area contributed by atoms with Crippen LogP contribution in [0.15, 0.2) is 42.0 Å². The molecule has 0 unspecified atom stereocenters. The van der Waals surface area contributed by atoms with E-state index in [-0.39, 0.29) is 11.5 Å². The lowest BCUT2D eigenvalue weighted by Crippen LogP contribution is -2.36. The summed E-state index contributed by atoms with van der Waals surface area (Å²) in [5.74, 6) is -0.375. The first-order valence-corrected chi connectivity index (χ1v) is 9.39. The number of benzene rings is 2. The minimum absolute atomic E-state index is 0.125. The van der Waals surface area contributed by atoms with Crippen molar-refractivity contribution in [2.24, 2.45) is 0 Å². The number of anilines is 1. The third kappa shape index (κ3) is 4.50. The van der Waals surface area contributed by atoms with Gasteiger partial charge in [-0.3, -0.25) is 4.79 Å². The molecule has 1 aliphatic rings. The highest BCUT2D eigenvalue weighted by atomic mass is 16.5. The lowest BCUT2D eigenvalue weighted by molar-refractivity contribution is -0.117. The third-order valence-electron chi connectivity index (χ3n) is 4.94. The average molecular weight is 379 g/mol. The van der Waals surface area contributed by atoms with E-state index < -0.39 is 0 Å². The van der Waals surface area contributed by atoms with E-state index in [2.05, 4.69) is 28.4 Å². The molecule has 0 atom stereocenters. The highest BCUT2D eigenvalue weighted by Crippen LogP contribution is 2.27. The number of carbonyl (C=O) groups excluding carboxylic acids is 1. The number of carbonyl (C=O) groups is 1. The summed E-state index contributed by atoms with van der Waals surface area (Å²) < 4.78 is 10.3. The van der Waals surface area contributed by atoms with E-state index in [9.17, 15) is 10.1 Å². The number of fused-ring (bicyclic) bond motifs is 1. The minimum Gasteiger partial charge on any atom is -0.383 e. The molecule has 1 heterocycles. The fraction of sp³-hybridized carbons (Fsp3) is 0.364. The molecular formula is C22H25N3O3. The number of morpholine rings is 1. The third-order valence-corrected chi connectivity index (χ3v) is 4.94. The molecule has 0 saturated carbocycles. The lowest BCUT2D eigenvalue weighted by atomic mass is 9.98. The Morgan fingerprint density at radius 3 is 2.64 bits per heavy atom. The van der Waals surface area contributed by atoms with Gasteiger partial charge in [-0.05, 0) is 47.0 Å². The maximum atomic E-state index is 12.3. The van der Waals surface area contributed by atoms with E-state index in [0.717, 1.165) is 42.6 Å². The van der Waals surface area contributed by atoms with Gasteiger partial charge in [0, 0.05) is 32.4 Å². The van der Waals surface area contributed by atoms with E-state index in [1.54, 1.807) is 14.0 Å². The van der Waals surface area contributed by atoms with Crippen LogP contribution in [0, 0.1) is 11.3 Å². The molecule has 3 rings (SSSR count). The molecule has 1 fully saturated rings. The maximum absolute atomic E-state index is 12.3. The molecule has 1 aliphatic heterocycles. The Bertz CT molecular complexity index is 924. The molecule has 0 bridgehead atoms. The van der Waals surface area contributed by atoms with Gasteiger partial charge in [-0.1, -0.05) is 18.2 Å². The molecule has 6 nitrogen and oxygen atoms in total. The molecule has 28 heavy (non-hydrogen) atoms. The zero-order valence-electron chi connectivity index (χ0n) is 16.3. The summed E-state index contributed by atoms with van der Waals surface area (Å²) in [6.45, 7) is 5.89. The Morgan fingerprint density at radius 2 is 1.93 bits per heavy atom. The molecule has 0 spiro atoms. The Hall–Kier alpha value is -2.88. The van der Waals surface area contributed by atoms with Gasteiger partial charge in [0.1, 0.15) is 11.6 Å². The van der Waals surface area contributed by atoms with Crippen LogP contribution in [0.5, 0.6) is 0 Å². The Balaban J connectivity index is 1.86. The van der Waals surface area contributed by atoms with E-state index in [1.807, 2.05) is 24.3 Å². The van der Waals surface area contributed by atoms with Crippen LogP contribution in [-0.2, 0) is 14.3 Å². The molecule has 2 aromatic carbocycles. The maximum Gasteiger partial charge on any atom is 0.262 e. The Kier molecular flexibility index (Phi) is 6.64. The summed E-state index contributed by atoms with van der Waals surface area (Å²) in [5.41, 5.74) is 2.84. The number of methoxy groups -OCH3 is 1. The molecule has 1 N–H and O–H groups in total. The molecule has 0 aromatic heterocycles. The number of nitrogens with one attached hydrogen (secondary N) is 1. The van der Waals surface area contributed by atoms with Crippen molar-refractivity contribution in [2.75, 3.05) is 51.5 Å². The summed E-state index contributed by atoms with van der Waals surface area (Å²) in [4.78, 5) is 14.6.